The Labute approximate surface area is 151 Å². The van der Waals surface area contributed by atoms with Gasteiger partial charge in [0.1, 0.15) is 0 Å². The summed E-state index contributed by atoms with van der Waals surface area (Å²) in [5.41, 5.74) is 12.2. The van der Waals surface area contributed by atoms with Gasteiger partial charge < -0.3 is 5.73 Å². The summed E-state index contributed by atoms with van der Waals surface area (Å²) in [6.45, 7) is 0. The Morgan fingerprint density at radius 2 is 1.32 bits per heavy atom. The molecule has 0 aliphatic rings. The number of halogens is 1. The molecule has 0 aliphatic heterocycles. The Bertz CT molecular complexity index is 873. The molecule has 0 radical (unpaired) electrons. The first-order valence-electron chi connectivity index (χ1n) is 7.76. The van der Waals surface area contributed by atoms with Gasteiger partial charge >= 0.3 is 0 Å². The zero-order chi connectivity index (χ0) is 17.5. The van der Waals surface area contributed by atoms with Crippen molar-refractivity contribution < 1.29 is 0 Å². The second kappa shape index (κ2) is 8.13. The lowest BCUT2D eigenvalue weighted by Gasteiger charge is -2.08. The number of nitrogens with zero attached hydrogens (tertiary/aromatic N) is 2. The maximum atomic E-state index is 5.99. The molecule has 0 saturated heterocycles. The number of guanidine groups is 1. The van der Waals surface area contributed by atoms with Crippen LogP contribution in [0.15, 0.2) is 95.0 Å². The standard InChI is InChI=1S/C20H17ClN4/c21-17-13-11-16(12-14-17)19(15-7-3-1-4-8-15)24-25-20(22)23-18-9-5-2-6-10-18/h1-14H,(H3,22,23,25)/b24-19+. The van der Waals surface area contributed by atoms with Crippen LogP contribution in [0.3, 0.4) is 0 Å². The molecule has 124 valence electrons. The Kier molecular flexibility index (Phi) is 5.44. The van der Waals surface area contributed by atoms with Gasteiger partial charge in [-0.3, -0.25) is 0 Å². The predicted octanol–water partition coefficient (Wildman–Crippen LogP) is 4.33. The van der Waals surface area contributed by atoms with Gasteiger partial charge in [-0.25, -0.2) is 10.4 Å². The summed E-state index contributed by atoms with van der Waals surface area (Å²) < 4.78 is 0. The minimum atomic E-state index is 0.216. The van der Waals surface area contributed by atoms with Crippen LogP contribution < -0.4 is 11.2 Å². The highest BCUT2D eigenvalue weighted by molar-refractivity contribution is 6.30. The largest absolute Gasteiger partial charge is 0.368 e. The molecule has 0 aliphatic carbocycles. The van der Waals surface area contributed by atoms with Crippen LogP contribution >= 0.6 is 11.6 Å². The van der Waals surface area contributed by atoms with Crippen molar-refractivity contribution in [3.63, 3.8) is 0 Å². The third kappa shape index (κ3) is 4.68. The van der Waals surface area contributed by atoms with E-state index in [4.69, 9.17) is 17.3 Å². The molecule has 3 rings (SSSR count). The Morgan fingerprint density at radius 3 is 1.96 bits per heavy atom. The molecule has 0 spiro atoms. The fourth-order valence-electron chi connectivity index (χ4n) is 2.28. The zero-order valence-electron chi connectivity index (χ0n) is 13.4. The van der Waals surface area contributed by atoms with Crippen LogP contribution in [0.1, 0.15) is 11.1 Å². The van der Waals surface area contributed by atoms with Gasteiger partial charge in [0.15, 0.2) is 0 Å². The van der Waals surface area contributed by atoms with Crippen molar-refractivity contribution in [1.82, 2.24) is 5.43 Å². The van der Waals surface area contributed by atoms with Crippen molar-refractivity contribution >= 4 is 29.0 Å². The highest BCUT2D eigenvalue weighted by Crippen LogP contribution is 2.15. The number of rotatable bonds is 4. The maximum absolute atomic E-state index is 5.99. The van der Waals surface area contributed by atoms with Crippen LogP contribution in [0, 0.1) is 0 Å². The molecule has 0 aromatic heterocycles. The SMILES string of the molecule is NC(=Nc1ccccc1)N/N=C(\c1ccccc1)c1ccc(Cl)cc1. The van der Waals surface area contributed by atoms with Crippen LogP contribution in [-0.2, 0) is 0 Å². The molecule has 0 amide bonds. The smallest absolute Gasteiger partial charge is 0.214 e. The highest BCUT2D eigenvalue weighted by atomic mass is 35.5. The number of para-hydroxylation sites is 1. The maximum Gasteiger partial charge on any atom is 0.214 e. The van der Waals surface area contributed by atoms with Gasteiger partial charge in [0, 0.05) is 16.1 Å². The van der Waals surface area contributed by atoms with E-state index in [0.717, 1.165) is 22.5 Å². The molecule has 0 saturated carbocycles. The van der Waals surface area contributed by atoms with E-state index in [2.05, 4.69) is 15.5 Å². The minimum Gasteiger partial charge on any atom is -0.368 e. The second-order valence-corrected chi connectivity index (χ2v) is 5.71. The first-order valence-corrected chi connectivity index (χ1v) is 8.14. The summed E-state index contributed by atoms with van der Waals surface area (Å²) in [6, 6.07) is 26.8. The Balaban J connectivity index is 1.90. The predicted molar refractivity (Wildman–Crippen MR) is 104 cm³/mol. The lowest BCUT2D eigenvalue weighted by molar-refractivity contribution is 1.01. The van der Waals surface area contributed by atoms with Gasteiger partial charge in [-0.2, -0.15) is 5.10 Å². The molecule has 0 unspecified atom stereocenters. The van der Waals surface area contributed by atoms with Crippen LogP contribution in [-0.4, -0.2) is 11.7 Å². The molecule has 0 fully saturated rings. The average molecular weight is 349 g/mol. The zero-order valence-corrected chi connectivity index (χ0v) is 14.2. The van der Waals surface area contributed by atoms with Gasteiger partial charge in [-0.05, 0) is 24.3 Å². The summed E-state index contributed by atoms with van der Waals surface area (Å²) >= 11 is 5.99. The van der Waals surface area contributed by atoms with Gasteiger partial charge in [0.05, 0.1) is 11.4 Å². The number of hydrogen-bond donors (Lipinski definition) is 2. The summed E-state index contributed by atoms with van der Waals surface area (Å²) in [4.78, 5) is 4.29. The van der Waals surface area contributed by atoms with E-state index in [-0.39, 0.29) is 5.96 Å². The second-order valence-electron chi connectivity index (χ2n) is 5.28. The lowest BCUT2D eigenvalue weighted by Crippen LogP contribution is -2.28. The van der Waals surface area contributed by atoms with E-state index in [0.29, 0.717) is 5.02 Å². The van der Waals surface area contributed by atoms with Crippen LogP contribution in [0.4, 0.5) is 5.69 Å². The van der Waals surface area contributed by atoms with E-state index >= 15 is 0 Å². The number of nitrogens with one attached hydrogen (secondary N) is 1. The lowest BCUT2D eigenvalue weighted by atomic mass is 10.0. The monoisotopic (exact) mass is 348 g/mol. The number of hydrogen-bond acceptors (Lipinski definition) is 2. The van der Waals surface area contributed by atoms with Crippen LogP contribution in [0.2, 0.25) is 5.02 Å². The summed E-state index contributed by atoms with van der Waals surface area (Å²) in [5.74, 6) is 0.216. The highest BCUT2D eigenvalue weighted by Gasteiger charge is 2.07. The van der Waals surface area contributed by atoms with E-state index in [1.54, 1.807) is 0 Å². The number of nitrogens with two attached hydrogens (primary N) is 1. The molecule has 3 aromatic carbocycles. The molecule has 0 heterocycles. The summed E-state index contributed by atoms with van der Waals surface area (Å²) in [7, 11) is 0. The fraction of sp³-hybridized carbons (Fsp3) is 0. The van der Waals surface area contributed by atoms with Gasteiger partial charge in [0.25, 0.3) is 0 Å². The molecular formula is C20H17ClN4. The third-order valence-corrected chi connectivity index (χ3v) is 3.70. The molecule has 25 heavy (non-hydrogen) atoms. The topological polar surface area (TPSA) is 62.8 Å². The molecule has 4 nitrogen and oxygen atoms in total. The van der Waals surface area contributed by atoms with Crippen LogP contribution in [0.5, 0.6) is 0 Å². The Hall–Kier alpha value is -3.11. The minimum absolute atomic E-state index is 0.216. The van der Waals surface area contributed by atoms with Crippen molar-refractivity contribution in [2.24, 2.45) is 15.8 Å². The normalized spacial score (nSPS) is 12.0. The van der Waals surface area contributed by atoms with Crippen molar-refractivity contribution in [2.75, 3.05) is 0 Å². The van der Waals surface area contributed by atoms with E-state index in [1.165, 1.54) is 0 Å². The summed E-state index contributed by atoms with van der Waals surface area (Å²) in [6.07, 6.45) is 0. The number of benzene rings is 3. The number of hydrazone groups is 1. The molecule has 3 aromatic rings. The third-order valence-electron chi connectivity index (χ3n) is 3.45. The van der Waals surface area contributed by atoms with Crippen molar-refractivity contribution in [1.29, 1.82) is 0 Å². The van der Waals surface area contributed by atoms with Gasteiger partial charge in [-0.15, -0.1) is 0 Å². The Morgan fingerprint density at radius 1 is 0.760 bits per heavy atom. The molecule has 0 atom stereocenters. The fourth-order valence-corrected chi connectivity index (χ4v) is 2.41. The quantitative estimate of drug-likeness (QED) is 0.419. The van der Waals surface area contributed by atoms with Crippen molar-refractivity contribution in [2.45, 2.75) is 0 Å². The van der Waals surface area contributed by atoms with Crippen molar-refractivity contribution in [3.8, 4) is 0 Å². The first-order chi connectivity index (χ1) is 12.2. The van der Waals surface area contributed by atoms with Crippen LogP contribution in [0.25, 0.3) is 0 Å². The van der Waals surface area contributed by atoms with Crippen molar-refractivity contribution in [3.05, 3.63) is 101 Å². The molecule has 5 heteroatoms. The van der Waals surface area contributed by atoms with Gasteiger partial charge in [-0.1, -0.05) is 72.3 Å². The average Bonchev–Trinajstić information content (AvgIpc) is 2.65. The first kappa shape index (κ1) is 16.7. The summed E-state index contributed by atoms with van der Waals surface area (Å²) in [5, 5.41) is 5.13. The van der Waals surface area contributed by atoms with E-state index in [9.17, 15) is 0 Å². The molecule has 3 N–H and O–H groups in total. The van der Waals surface area contributed by atoms with Gasteiger partial charge in [0.2, 0.25) is 5.96 Å². The molecule has 0 bridgehead atoms. The van der Waals surface area contributed by atoms with E-state index in [1.807, 2.05) is 84.9 Å². The molecular weight excluding hydrogens is 332 g/mol. The van der Waals surface area contributed by atoms with E-state index < -0.39 is 0 Å². The number of aliphatic imine (C=N–C) groups is 1.